The number of benzene rings is 1. The van der Waals surface area contributed by atoms with Crippen molar-refractivity contribution in [2.24, 2.45) is 0 Å². The van der Waals surface area contributed by atoms with Gasteiger partial charge in [0.05, 0.1) is 17.1 Å². The molecule has 2 aromatic rings. The molecular formula is C15H17NO2S2. The van der Waals surface area contributed by atoms with Crippen molar-refractivity contribution in [2.45, 2.75) is 10.6 Å². The van der Waals surface area contributed by atoms with E-state index >= 15 is 0 Å². The van der Waals surface area contributed by atoms with Crippen molar-refractivity contribution in [2.75, 3.05) is 19.4 Å². The summed E-state index contributed by atoms with van der Waals surface area (Å²) in [6.45, 7) is 0.629. The van der Waals surface area contributed by atoms with Crippen LogP contribution in [0, 0.1) is 0 Å². The maximum atomic E-state index is 11.7. The van der Waals surface area contributed by atoms with Gasteiger partial charge in [0.15, 0.2) is 0 Å². The summed E-state index contributed by atoms with van der Waals surface area (Å²) in [5.41, 5.74) is 1.11. The lowest BCUT2D eigenvalue weighted by Gasteiger charge is -2.08. The number of carbonyl (C=O) groups excluding carboxylic acids is 1. The van der Waals surface area contributed by atoms with Gasteiger partial charge in [-0.25, -0.2) is 0 Å². The van der Waals surface area contributed by atoms with Gasteiger partial charge < -0.3 is 10.1 Å². The molecule has 1 amide bonds. The van der Waals surface area contributed by atoms with Crippen LogP contribution in [0.5, 0.6) is 5.75 Å². The Morgan fingerprint density at radius 3 is 2.90 bits per heavy atom. The highest BCUT2D eigenvalue weighted by atomic mass is 32.2. The molecule has 2 rings (SSSR count). The van der Waals surface area contributed by atoms with Crippen LogP contribution in [0.25, 0.3) is 0 Å². The molecule has 0 saturated heterocycles. The van der Waals surface area contributed by atoms with E-state index in [0.29, 0.717) is 12.3 Å². The molecule has 3 nitrogen and oxygen atoms in total. The molecule has 1 heterocycles. The van der Waals surface area contributed by atoms with Gasteiger partial charge in [-0.3, -0.25) is 4.79 Å². The van der Waals surface area contributed by atoms with Crippen molar-refractivity contribution in [3.05, 3.63) is 47.3 Å². The molecule has 5 heteroatoms. The summed E-state index contributed by atoms with van der Waals surface area (Å²) in [7, 11) is 1.66. The van der Waals surface area contributed by atoms with E-state index in [-0.39, 0.29) is 5.91 Å². The number of amides is 1. The standard InChI is InChI=1S/C15H17NO2S2/c1-18-13-6-3-2-5-12(13)8-9-16-14(17)11-20-15-7-4-10-19-15/h2-7,10H,8-9,11H2,1H3,(H,16,17). The van der Waals surface area contributed by atoms with Gasteiger partial charge in [-0.2, -0.15) is 0 Å². The largest absolute Gasteiger partial charge is 0.496 e. The van der Waals surface area contributed by atoms with Gasteiger partial charge in [0.1, 0.15) is 5.75 Å². The van der Waals surface area contributed by atoms with Crippen molar-refractivity contribution >= 4 is 29.0 Å². The topological polar surface area (TPSA) is 38.3 Å². The molecule has 1 aromatic heterocycles. The number of hydrogen-bond donors (Lipinski definition) is 1. The Bertz CT molecular complexity index is 541. The average molecular weight is 307 g/mol. The third-order valence-corrected chi connectivity index (χ3v) is 4.88. The number of thioether (sulfide) groups is 1. The van der Waals surface area contributed by atoms with Gasteiger partial charge in [0.25, 0.3) is 0 Å². The van der Waals surface area contributed by atoms with E-state index in [1.165, 1.54) is 4.21 Å². The fourth-order valence-electron chi connectivity index (χ4n) is 1.78. The summed E-state index contributed by atoms with van der Waals surface area (Å²) in [5, 5.41) is 4.95. The second-order valence-electron chi connectivity index (χ2n) is 4.13. The molecule has 0 atom stereocenters. The first kappa shape index (κ1) is 14.9. The lowest BCUT2D eigenvalue weighted by atomic mass is 10.1. The quantitative estimate of drug-likeness (QED) is 0.798. The van der Waals surface area contributed by atoms with Crippen LogP contribution in [-0.2, 0) is 11.2 Å². The number of ether oxygens (including phenoxy) is 1. The number of rotatable bonds is 7. The molecule has 0 aliphatic heterocycles. The van der Waals surface area contributed by atoms with E-state index in [1.807, 2.05) is 41.8 Å². The van der Waals surface area contributed by atoms with E-state index in [2.05, 4.69) is 5.32 Å². The van der Waals surface area contributed by atoms with Crippen LogP contribution in [0.3, 0.4) is 0 Å². The van der Waals surface area contributed by atoms with E-state index in [9.17, 15) is 4.79 Å². The summed E-state index contributed by atoms with van der Waals surface area (Å²) in [6.07, 6.45) is 0.777. The molecule has 0 unspecified atom stereocenters. The second-order valence-corrected chi connectivity index (χ2v) is 6.36. The molecule has 0 fully saturated rings. The molecule has 0 saturated carbocycles. The molecule has 0 radical (unpaired) electrons. The Morgan fingerprint density at radius 2 is 2.15 bits per heavy atom. The minimum Gasteiger partial charge on any atom is -0.496 e. The zero-order valence-corrected chi connectivity index (χ0v) is 12.9. The fourth-order valence-corrected chi connectivity index (χ4v) is 3.39. The van der Waals surface area contributed by atoms with Crippen molar-refractivity contribution in [3.63, 3.8) is 0 Å². The summed E-state index contributed by atoms with van der Waals surface area (Å²) < 4.78 is 6.46. The SMILES string of the molecule is COc1ccccc1CCNC(=O)CSc1cccs1. The van der Waals surface area contributed by atoms with Gasteiger partial charge in [0.2, 0.25) is 5.91 Å². The van der Waals surface area contributed by atoms with Crippen molar-refractivity contribution in [1.29, 1.82) is 0 Å². The van der Waals surface area contributed by atoms with E-state index < -0.39 is 0 Å². The van der Waals surface area contributed by atoms with E-state index in [1.54, 1.807) is 30.2 Å². The minimum atomic E-state index is 0.0679. The number of methoxy groups -OCH3 is 1. The third-order valence-electron chi connectivity index (χ3n) is 2.75. The maximum Gasteiger partial charge on any atom is 0.230 e. The number of para-hydroxylation sites is 1. The number of nitrogens with one attached hydrogen (secondary N) is 1. The molecular weight excluding hydrogens is 290 g/mol. The molecule has 20 heavy (non-hydrogen) atoms. The van der Waals surface area contributed by atoms with Gasteiger partial charge in [-0.1, -0.05) is 24.3 Å². The summed E-state index contributed by atoms with van der Waals surface area (Å²) in [6, 6.07) is 11.9. The first-order valence-electron chi connectivity index (χ1n) is 6.34. The molecule has 0 spiro atoms. The Hall–Kier alpha value is -1.46. The highest BCUT2D eigenvalue weighted by Crippen LogP contribution is 2.22. The van der Waals surface area contributed by atoms with Gasteiger partial charge >= 0.3 is 0 Å². The number of carbonyl (C=O) groups is 1. The summed E-state index contributed by atoms with van der Waals surface area (Å²) in [4.78, 5) is 11.7. The Kier molecular flexibility index (Phi) is 5.95. The van der Waals surface area contributed by atoms with Gasteiger partial charge in [0, 0.05) is 6.54 Å². The maximum absolute atomic E-state index is 11.7. The highest BCUT2D eigenvalue weighted by molar-refractivity contribution is 8.01. The predicted octanol–water partition coefficient (Wildman–Crippen LogP) is 3.21. The highest BCUT2D eigenvalue weighted by Gasteiger charge is 2.05. The van der Waals surface area contributed by atoms with Crippen molar-refractivity contribution < 1.29 is 9.53 Å². The molecule has 106 valence electrons. The predicted molar refractivity (Wildman–Crippen MR) is 84.8 cm³/mol. The molecule has 0 aliphatic rings. The van der Waals surface area contributed by atoms with E-state index in [0.717, 1.165) is 17.7 Å². The fraction of sp³-hybridized carbons (Fsp3) is 0.267. The van der Waals surface area contributed by atoms with Crippen LogP contribution in [0.2, 0.25) is 0 Å². The first-order valence-corrected chi connectivity index (χ1v) is 8.21. The van der Waals surface area contributed by atoms with Crippen LogP contribution in [-0.4, -0.2) is 25.3 Å². The molecule has 0 bridgehead atoms. The number of hydrogen-bond acceptors (Lipinski definition) is 4. The zero-order chi connectivity index (χ0) is 14.2. The normalized spacial score (nSPS) is 10.2. The monoisotopic (exact) mass is 307 g/mol. The third kappa shape index (κ3) is 4.58. The number of thiophene rings is 1. The van der Waals surface area contributed by atoms with Crippen LogP contribution in [0.4, 0.5) is 0 Å². The zero-order valence-electron chi connectivity index (χ0n) is 11.3. The molecule has 0 aliphatic carbocycles. The van der Waals surface area contributed by atoms with Crippen LogP contribution >= 0.6 is 23.1 Å². The van der Waals surface area contributed by atoms with Crippen LogP contribution < -0.4 is 10.1 Å². The lowest BCUT2D eigenvalue weighted by molar-refractivity contribution is -0.118. The lowest BCUT2D eigenvalue weighted by Crippen LogP contribution is -2.27. The Labute approximate surface area is 127 Å². The molecule has 1 N–H and O–H groups in total. The van der Waals surface area contributed by atoms with Gasteiger partial charge in [-0.15, -0.1) is 23.1 Å². The second kappa shape index (κ2) is 7.97. The molecule has 1 aromatic carbocycles. The van der Waals surface area contributed by atoms with Crippen molar-refractivity contribution in [1.82, 2.24) is 5.32 Å². The Morgan fingerprint density at radius 1 is 1.30 bits per heavy atom. The van der Waals surface area contributed by atoms with Crippen molar-refractivity contribution in [3.8, 4) is 5.75 Å². The smallest absolute Gasteiger partial charge is 0.230 e. The summed E-state index contributed by atoms with van der Waals surface area (Å²) in [5.74, 6) is 1.40. The van der Waals surface area contributed by atoms with E-state index in [4.69, 9.17) is 4.74 Å². The minimum absolute atomic E-state index is 0.0679. The van der Waals surface area contributed by atoms with Gasteiger partial charge in [-0.05, 0) is 29.5 Å². The first-order chi connectivity index (χ1) is 9.79. The van der Waals surface area contributed by atoms with Crippen LogP contribution in [0.15, 0.2) is 46.0 Å². The van der Waals surface area contributed by atoms with Crippen LogP contribution in [0.1, 0.15) is 5.56 Å². The summed E-state index contributed by atoms with van der Waals surface area (Å²) >= 11 is 3.23. The average Bonchev–Trinajstić information content (AvgIpc) is 2.99. The Balaban J connectivity index is 1.71.